The number of benzene rings is 1. The topological polar surface area (TPSA) is 56.8 Å². The van der Waals surface area contributed by atoms with Crippen molar-refractivity contribution in [3.8, 4) is 11.5 Å². The van der Waals surface area contributed by atoms with Gasteiger partial charge in [0.1, 0.15) is 11.5 Å². The molecule has 0 unspecified atom stereocenters. The van der Waals surface area contributed by atoms with Crippen molar-refractivity contribution < 1.29 is 19.0 Å². The third-order valence-electron chi connectivity index (χ3n) is 2.87. The first-order chi connectivity index (χ1) is 9.12. The van der Waals surface area contributed by atoms with Crippen LogP contribution in [0.5, 0.6) is 11.5 Å². The maximum Gasteiger partial charge on any atom is 0.319 e. The summed E-state index contributed by atoms with van der Waals surface area (Å²) in [6.07, 6.45) is 0.747. The summed E-state index contributed by atoms with van der Waals surface area (Å²) >= 11 is 0. The normalized spacial score (nSPS) is 10.1. The van der Waals surface area contributed by atoms with Crippen molar-refractivity contribution in [1.29, 1.82) is 0 Å². The molecule has 1 aromatic carbocycles. The second-order valence-electron chi connectivity index (χ2n) is 4.14. The van der Waals surface area contributed by atoms with Gasteiger partial charge < -0.3 is 19.5 Å². The minimum absolute atomic E-state index is 0.210. The van der Waals surface area contributed by atoms with Crippen LogP contribution in [-0.4, -0.2) is 40.4 Å². The van der Waals surface area contributed by atoms with E-state index < -0.39 is 0 Å². The highest BCUT2D eigenvalue weighted by Gasteiger charge is 2.08. The Morgan fingerprint density at radius 1 is 1.16 bits per heavy atom. The first kappa shape index (κ1) is 15.3. The van der Waals surface area contributed by atoms with Crippen molar-refractivity contribution >= 4 is 5.97 Å². The molecule has 0 saturated heterocycles. The Kier molecular flexibility index (Phi) is 6.15. The highest BCUT2D eigenvalue weighted by molar-refractivity contribution is 5.71. The van der Waals surface area contributed by atoms with Gasteiger partial charge in [-0.05, 0) is 43.1 Å². The lowest BCUT2D eigenvalue weighted by molar-refractivity contribution is -0.139. The summed E-state index contributed by atoms with van der Waals surface area (Å²) in [7, 11) is 4.67. The molecule has 1 aromatic rings. The molecular weight excluding hydrogens is 246 g/mol. The van der Waals surface area contributed by atoms with Crippen molar-refractivity contribution in [3.63, 3.8) is 0 Å². The monoisotopic (exact) mass is 267 g/mol. The highest BCUT2D eigenvalue weighted by atomic mass is 16.5. The van der Waals surface area contributed by atoms with Crippen molar-refractivity contribution in [2.45, 2.75) is 13.3 Å². The fraction of sp³-hybridized carbons (Fsp3) is 0.500. The van der Waals surface area contributed by atoms with E-state index in [0.29, 0.717) is 6.54 Å². The molecule has 5 nitrogen and oxygen atoms in total. The Morgan fingerprint density at radius 3 is 2.42 bits per heavy atom. The lowest BCUT2D eigenvalue weighted by Crippen LogP contribution is -2.25. The number of hydrogen-bond donors (Lipinski definition) is 1. The molecule has 0 heterocycles. The molecule has 0 amide bonds. The predicted molar refractivity (Wildman–Crippen MR) is 72.9 cm³/mol. The van der Waals surface area contributed by atoms with Gasteiger partial charge in [-0.1, -0.05) is 0 Å². The molecular formula is C14H21NO4. The van der Waals surface area contributed by atoms with Gasteiger partial charge in [-0.2, -0.15) is 0 Å². The Labute approximate surface area is 113 Å². The first-order valence-corrected chi connectivity index (χ1v) is 6.11. The summed E-state index contributed by atoms with van der Waals surface area (Å²) in [5, 5.41) is 3.02. The molecule has 1 rings (SSSR count). The molecule has 0 aliphatic rings. The number of nitrogens with one attached hydrogen (secondary N) is 1. The van der Waals surface area contributed by atoms with E-state index in [1.54, 1.807) is 14.2 Å². The van der Waals surface area contributed by atoms with E-state index in [1.165, 1.54) is 7.11 Å². The van der Waals surface area contributed by atoms with Gasteiger partial charge in [0.05, 0.1) is 27.9 Å². The van der Waals surface area contributed by atoms with Gasteiger partial charge in [0.25, 0.3) is 0 Å². The van der Waals surface area contributed by atoms with E-state index in [0.717, 1.165) is 29.0 Å². The van der Waals surface area contributed by atoms with Gasteiger partial charge in [0.2, 0.25) is 0 Å². The molecule has 19 heavy (non-hydrogen) atoms. The summed E-state index contributed by atoms with van der Waals surface area (Å²) in [6.45, 7) is 2.85. The van der Waals surface area contributed by atoms with E-state index in [4.69, 9.17) is 9.47 Å². The molecule has 0 aliphatic heterocycles. The molecule has 0 atom stereocenters. The Hall–Kier alpha value is -1.75. The summed E-state index contributed by atoms with van der Waals surface area (Å²) in [4.78, 5) is 11.0. The van der Waals surface area contributed by atoms with Crippen LogP contribution in [0, 0.1) is 6.92 Å². The summed E-state index contributed by atoms with van der Waals surface area (Å²) in [6, 6.07) is 3.92. The molecule has 0 saturated carbocycles. The predicted octanol–water partition coefficient (Wildman–Crippen LogP) is 1.32. The molecule has 0 radical (unpaired) electrons. The number of aryl methyl sites for hydroxylation is 1. The maximum absolute atomic E-state index is 11.0. The number of carbonyl (C=O) groups excluding carboxylic acids is 1. The first-order valence-electron chi connectivity index (χ1n) is 6.11. The summed E-state index contributed by atoms with van der Waals surface area (Å²) < 4.78 is 15.2. The van der Waals surface area contributed by atoms with E-state index >= 15 is 0 Å². The van der Waals surface area contributed by atoms with E-state index in [9.17, 15) is 4.79 Å². The average molecular weight is 267 g/mol. The third-order valence-corrected chi connectivity index (χ3v) is 2.87. The Morgan fingerprint density at radius 2 is 1.84 bits per heavy atom. The van der Waals surface area contributed by atoms with Crippen LogP contribution in [0.3, 0.4) is 0 Å². The molecule has 0 spiro atoms. The number of ether oxygens (including phenoxy) is 3. The average Bonchev–Trinajstić information content (AvgIpc) is 2.43. The lowest BCUT2D eigenvalue weighted by Gasteiger charge is -2.13. The van der Waals surface area contributed by atoms with E-state index in [2.05, 4.69) is 10.1 Å². The van der Waals surface area contributed by atoms with Gasteiger partial charge in [-0.15, -0.1) is 0 Å². The standard InChI is InChI=1S/C14H21NO4/c1-10-7-13(18-3)11(8-12(10)17-2)5-6-15-9-14(16)19-4/h7-8,15H,5-6,9H2,1-4H3. The van der Waals surface area contributed by atoms with Crippen molar-refractivity contribution in [1.82, 2.24) is 5.32 Å². The Balaban J connectivity index is 2.63. The van der Waals surface area contributed by atoms with Crippen LogP contribution in [0.15, 0.2) is 12.1 Å². The van der Waals surface area contributed by atoms with Crippen molar-refractivity contribution in [2.75, 3.05) is 34.4 Å². The summed E-state index contributed by atoms with van der Waals surface area (Å²) in [5.74, 6) is 1.40. The van der Waals surface area contributed by atoms with E-state index in [-0.39, 0.29) is 12.5 Å². The van der Waals surface area contributed by atoms with Crippen LogP contribution in [0.1, 0.15) is 11.1 Å². The quantitative estimate of drug-likeness (QED) is 0.596. The van der Waals surface area contributed by atoms with Crippen molar-refractivity contribution in [2.24, 2.45) is 0 Å². The highest BCUT2D eigenvalue weighted by Crippen LogP contribution is 2.28. The zero-order chi connectivity index (χ0) is 14.3. The Bertz CT molecular complexity index is 432. The molecule has 0 aromatic heterocycles. The van der Waals surface area contributed by atoms with Gasteiger partial charge in [0, 0.05) is 0 Å². The molecule has 5 heteroatoms. The zero-order valence-corrected chi connectivity index (χ0v) is 11.9. The number of methoxy groups -OCH3 is 3. The van der Waals surface area contributed by atoms with Crippen LogP contribution >= 0.6 is 0 Å². The maximum atomic E-state index is 11.0. The van der Waals surface area contributed by atoms with Gasteiger partial charge >= 0.3 is 5.97 Å². The van der Waals surface area contributed by atoms with Gasteiger partial charge in [-0.25, -0.2) is 0 Å². The smallest absolute Gasteiger partial charge is 0.319 e. The fourth-order valence-corrected chi connectivity index (χ4v) is 1.79. The zero-order valence-electron chi connectivity index (χ0n) is 11.9. The molecule has 0 bridgehead atoms. The van der Waals surface area contributed by atoms with Gasteiger partial charge in [0.15, 0.2) is 0 Å². The largest absolute Gasteiger partial charge is 0.496 e. The molecule has 0 aliphatic carbocycles. The van der Waals surface area contributed by atoms with Crippen LogP contribution in [0.2, 0.25) is 0 Å². The fourth-order valence-electron chi connectivity index (χ4n) is 1.79. The SMILES string of the molecule is COC(=O)CNCCc1cc(OC)c(C)cc1OC. The van der Waals surface area contributed by atoms with Crippen LogP contribution in [0.25, 0.3) is 0 Å². The number of esters is 1. The molecule has 106 valence electrons. The molecule has 0 fully saturated rings. The number of hydrogen-bond acceptors (Lipinski definition) is 5. The summed E-state index contributed by atoms with van der Waals surface area (Å²) in [5.41, 5.74) is 2.08. The third kappa shape index (κ3) is 4.44. The second-order valence-corrected chi connectivity index (χ2v) is 4.14. The van der Waals surface area contributed by atoms with Gasteiger partial charge in [-0.3, -0.25) is 4.79 Å². The number of rotatable bonds is 7. The van der Waals surface area contributed by atoms with Crippen LogP contribution in [-0.2, 0) is 16.0 Å². The lowest BCUT2D eigenvalue weighted by atomic mass is 10.1. The number of carbonyl (C=O) groups is 1. The van der Waals surface area contributed by atoms with Crippen LogP contribution in [0.4, 0.5) is 0 Å². The minimum Gasteiger partial charge on any atom is -0.496 e. The minimum atomic E-state index is -0.270. The van der Waals surface area contributed by atoms with Crippen LogP contribution < -0.4 is 14.8 Å². The second kappa shape index (κ2) is 7.63. The van der Waals surface area contributed by atoms with Crippen molar-refractivity contribution in [3.05, 3.63) is 23.3 Å². The van der Waals surface area contributed by atoms with E-state index in [1.807, 2.05) is 19.1 Å². The molecule has 1 N–H and O–H groups in total.